The summed E-state index contributed by atoms with van der Waals surface area (Å²) in [6.45, 7) is 1.66. The maximum absolute atomic E-state index is 12.0. The van der Waals surface area contributed by atoms with Crippen LogP contribution in [0.15, 0.2) is 23.1 Å². The standard InChI is InChI=1S/C11H11F3O2S/c1-3-9(15)8-6-7(16-11(12,13)14)4-5-10(8)17-2/h4-6H,3H2,1-2H3. The number of ketones is 1. The Morgan fingerprint density at radius 1 is 1.41 bits per heavy atom. The molecule has 0 aliphatic rings. The van der Waals surface area contributed by atoms with E-state index in [9.17, 15) is 18.0 Å². The molecule has 0 unspecified atom stereocenters. The number of hydrogen-bond acceptors (Lipinski definition) is 3. The number of halogens is 3. The number of rotatable bonds is 4. The molecule has 1 aromatic rings. The maximum Gasteiger partial charge on any atom is 0.573 e. The molecular weight excluding hydrogens is 253 g/mol. The van der Waals surface area contributed by atoms with E-state index >= 15 is 0 Å². The topological polar surface area (TPSA) is 26.3 Å². The van der Waals surface area contributed by atoms with Gasteiger partial charge in [-0.15, -0.1) is 24.9 Å². The minimum atomic E-state index is -4.74. The van der Waals surface area contributed by atoms with E-state index in [4.69, 9.17) is 0 Å². The molecule has 0 fully saturated rings. The molecule has 0 spiro atoms. The van der Waals surface area contributed by atoms with Gasteiger partial charge in [0.15, 0.2) is 5.78 Å². The van der Waals surface area contributed by atoms with Gasteiger partial charge < -0.3 is 4.74 Å². The van der Waals surface area contributed by atoms with Gasteiger partial charge in [-0.25, -0.2) is 0 Å². The van der Waals surface area contributed by atoms with Crippen molar-refractivity contribution in [2.24, 2.45) is 0 Å². The monoisotopic (exact) mass is 264 g/mol. The number of Topliss-reactive ketones (excluding diaryl/α,β-unsaturated/α-hetero) is 1. The van der Waals surface area contributed by atoms with Crippen LogP contribution in [0, 0.1) is 0 Å². The maximum atomic E-state index is 12.0. The van der Waals surface area contributed by atoms with Crippen molar-refractivity contribution in [1.29, 1.82) is 0 Å². The van der Waals surface area contributed by atoms with Crippen LogP contribution in [0.2, 0.25) is 0 Å². The molecule has 17 heavy (non-hydrogen) atoms. The third-order valence-corrected chi connectivity index (χ3v) is 2.82. The van der Waals surface area contributed by atoms with Crippen LogP contribution < -0.4 is 4.74 Å². The summed E-state index contributed by atoms with van der Waals surface area (Å²) in [7, 11) is 0. The first-order valence-electron chi connectivity index (χ1n) is 4.84. The molecular formula is C11H11F3O2S. The van der Waals surface area contributed by atoms with Gasteiger partial charge in [0.25, 0.3) is 0 Å². The number of ether oxygens (including phenoxy) is 1. The predicted molar refractivity (Wildman–Crippen MR) is 59.5 cm³/mol. The first-order valence-corrected chi connectivity index (χ1v) is 6.07. The summed E-state index contributed by atoms with van der Waals surface area (Å²) < 4.78 is 39.9. The fourth-order valence-electron chi connectivity index (χ4n) is 1.29. The molecule has 6 heteroatoms. The Morgan fingerprint density at radius 3 is 2.53 bits per heavy atom. The fraction of sp³-hybridized carbons (Fsp3) is 0.364. The Hall–Kier alpha value is -1.17. The Kier molecular flexibility index (Phi) is 4.45. The van der Waals surface area contributed by atoms with Gasteiger partial charge in [0.2, 0.25) is 0 Å². The van der Waals surface area contributed by atoms with Crippen molar-refractivity contribution in [1.82, 2.24) is 0 Å². The van der Waals surface area contributed by atoms with Crippen LogP contribution in [0.5, 0.6) is 5.75 Å². The molecule has 0 N–H and O–H groups in total. The van der Waals surface area contributed by atoms with Crippen molar-refractivity contribution >= 4 is 17.5 Å². The quantitative estimate of drug-likeness (QED) is 0.609. The minimum Gasteiger partial charge on any atom is -0.406 e. The van der Waals surface area contributed by atoms with Crippen molar-refractivity contribution in [2.45, 2.75) is 24.6 Å². The SMILES string of the molecule is CCC(=O)c1cc(OC(F)(F)F)ccc1SC. The summed E-state index contributed by atoms with van der Waals surface area (Å²) in [4.78, 5) is 12.2. The van der Waals surface area contributed by atoms with Crippen molar-refractivity contribution in [3.05, 3.63) is 23.8 Å². The van der Waals surface area contributed by atoms with Gasteiger partial charge in [-0.05, 0) is 24.5 Å². The zero-order valence-electron chi connectivity index (χ0n) is 9.30. The van der Waals surface area contributed by atoms with Crippen LogP contribution in [0.1, 0.15) is 23.7 Å². The Labute approximate surface area is 101 Å². The third-order valence-electron chi connectivity index (χ3n) is 2.03. The van der Waals surface area contributed by atoms with Crippen LogP contribution >= 0.6 is 11.8 Å². The van der Waals surface area contributed by atoms with Crippen molar-refractivity contribution < 1.29 is 22.7 Å². The van der Waals surface area contributed by atoms with Crippen LogP contribution in [0.4, 0.5) is 13.2 Å². The highest BCUT2D eigenvalue weighted by Crippen LogP contribution is 2.29. The van der Waals surface area contributed by atoms with Crippen molar-refractivity contribution in [3.8, 4) is 5.75 Å². The first kappa shape index (κ1) is 13.9. The number of carbonyl (C=O) groups excluding carboxylic acids is 1. The molecule has 1 aromatic carbocycles. The van der Waals surface area contributed by atoms with Crippen LogP contribution in [-0.4, -0.2) is 18.4 Å². The molecule has 2 nitrogen and oxygen atoms in total. The predicted octanol–water partition coefficient (Wildman–Crippen LogP) is 3.90. The number of benzene rings is 1. The number of thioether (sulfide) groups is 1. The second-order valence-electron chi connectivity index (χ2n) is 3.19. The number of alkyl halides is 3. The second kappa shape index (κ2) is 5.44. The smallest absolute Gasteiger partial charge is 0.406 e. The number of carbonyl (C=O) groups is 1. The van der Waals surface area contributed by atoms with Crippen LogP contribution in [-0.2, 0) is 0 Å². The summed E-state index contributed by atoms with van der Waals surface area (Å²) in [5.74, 6) is -0.575. The van der Waals surface area contributed by atoms with Gasteiger partial charge >= 0.3 is 6.36 Å². The molecule has 0 aromatic heterocycles. The lowest BCUT2D eigenvalue weighted by molar-refractivity contribution is -0.274. The summed E-state index contributed by atoms with van der Waals surface area (Å²) >= 11 is 1.31. The van der Waals surface area contributed by atoms with E-state index in [0.29, 0.717) is 4.90 Å². The third kappa shape index (κ3) is 3.96. The zero-order chi connectivity index (χ0) is 13.1. The lowest BCUT2D eigenvalue weighted by atomic mass is 10.1. The molecule has 0 amide bonds. The number of hydrogen-bond donors (Lipinski definition) is 0. The van der Waals surface area contributed by atoms with E-state index in [-0.39, 0.29) is 23.5 Å². The average Bonchev–Trinajstić information content (AvgIpc) is 2.25. The second-order valence-corrected chi connectivity index (χ2v) is 4.03. The molecule has 0 atom stereocenters. The lowest BCUT2D eigenvalue weighted by Crippen LogP contribution is -2.17. The van der Waals surface area contributed by atoms with Gasteiger partial charge in [-0.3, -0.25) is 4.79 Å². The van der Waals surface area contributed by atoms with Gasteiger partial charge in [-0.1, -0.05) is 6.92 Å². The minimum absolute atomic E-state index is 0.207. The Balaban J connectivity index is 3.09. The summed E-state index contributed by atoms with van der Waals surface area (Å²) in [6.07, 6.45) is -2.75. The molecule has 0 saturated heterocycles. The normalized spacial score (nSPS) is 11.4. The van der Waals surface area contributed by atoms with E-state index < -0.39 is 6.36 Å². The summed E-state index contributed by atoms with van der Waals surface area (Å²) in [5.41, 5.74) is 0.266. The molecule has 0 heterocycles. The Bertz CT molecular complexity index is 416. The van der Waals surface area contributed by atoms with E-state index in [1.54, 1.807) is 13.2 Å². The summed E-state index contributed by atoms with van der Waals surface area (Å²) in [6, 6.07) is 3.78. The summed E-state index contributed by atoms with van der Waals surface area (Å²) in [5, 5.41) is 0. The van der Waals surface area contributed by atoms with Gasteiger partial charge in [0.1, 0.15) is 5.75 Å². The van der Waals surface area contributed by atoms with Gasteiger partial charge in [-0.2, -0.15) is 0 Å². The van der Waals surface area contributed by atoms with E-state index in [1.165, 1.54) is 23.9 Å². The lowest BCUT2D eigenvalue weighted by Gasteiger charge is -2.11. The zero-order valence-corrected chi connectivity index (χ0v) is 10.1. The highest BCUT2D eigenvalue weighted by atomic mass is 32.2. The Morgan fingerprint density at radius 2 is 2.06 bits per heavy atom. The largest absolute Gasteiger partial charge is 0.573 e. The van der Waals surface area contributed by atoms with E-state index in [0.717, 1.165) is 6.07 Å². The molecule has 0 saturated carbocycles. The molecule has 0 aliphatic heterocycles. The molecule has 0 radical (unpaired) electrons. The highest BCUT2D eigenvalue weighted by Gasteiger charge is 2.31. The molecule has 0 aliphatic carbocycles. The van der Waals surface area contributed by atoms with E-state index in [1.807, 2.05) is 0 Å². The van der Waals surface area contributed by atoms with Gasteiger partial charge in [0, 0.05) is 16.9 Å². The van der Waals surface area contributed by atoms with Gasteiger partial charge in [0.05, 0.1) is 0 Å². The first-order chi connectivity index (χ1) is 7.87. The fourth-order valence-corrected chi connectivity index (χ4v) is 1.89. The highest BCUT2D eigenvalue weighted by molar-refractivity contribution is 7.98. The van der Waals surface area contributed by atoms with Crippen molar-refractivity contribution in [3.63, 3.8) is 0 Å². The molecule has 1 rings (SSSR count). The van der Waals surface area contributed by atoms with E-state index in [2.05, 4.69) is 4.74 Å². The van der Waals surface area contributed by atoms with Crippen LogP contribution in [0.25, 0.3) is 0 Å². The molecule has 0 bridgehead atoms. The molecule has 94 valence electrons. The average molecular weight is 264 g/mol. The van der Waals surface area contributed by atoms with Crippen molar-refractivity contribution in [2.75, 3.05) is 6.26 Å². The van der Waals surface area contributed by atoms with Crippen LogP contribution in [0.3, 0.4) is 0 Å².